The number of amides is 2. The van der Waals surface area contributed by atoms with Crippen molar-refractivity contribution in [1.82, 2.24) is 5.32 Å². The summed E-state index contributed by atoms with van der Waals surface area (Å²) in [7, 11) is 0. The molecule has 1 aliphatic carbocycles. The van der Waals surface area contributed by atoms with E-state index in [4.69, 9.17) is 0 Å². The SMILES string of the molecule is O=C(CNC(=O)C1CC1)Nc1ccc(C(F)(F)F)cc1. The van der Waals surface area contributed by atoms with Gasteiger partial charge in [0.25, 0.3) is 0 Å². The first-order valence-corrected chi connectivity index (χ1v) is 6.11. The summed E-state index contributed by atoms with van der Waals surface area (Å²) in [6.45, 7) is -0.184. The Balaban J connectivity index is 1.83. The molecular formula is C13H13F3N2O2. The van der Waals surface area contributed by atoms with E-state index in [1.807, 2.05) is 0 Å². The van der Waals surface area contributed by atoms with Crippen LogP contribution in [0.2, 0.25) is 0 Å². The summed E-state index contributed by atoms with van der Waals surface area (Å²) >= 11 is 0. The minimum absolute atomic E-state index is 0.00821. The van der Waals surface area contributed by atoms with Crippen molar-refractivity contribution >= 4 is 17.5 Å². The highest BCUT2D eigenvalue weighted by Gasteiger charge is 2.30. The molecule has 7 heteroatoms. The molecule has 2 amide bonds. The number of rotatable bonds is 4. The molecule has 108 valence electrons. The van der Waals surface area contributed by atoms with Crippen LogP contribution < -0.4 is 10.6 Å². The van der Waals surface area contributed by atoms with E-state index in [9.17, 15) is 22.8 Å². The first kappa shape index (κ1) is 14.4. The summed E-state index contributed by atoms with van der Waals surface area (Å²) in [5, 5.41) is 4.88. The van der Waals surface area contributed by atoms with Crippen molar-refractivity contribution in [2.75, 3.05) is 11.9 Å². The Bertz CT molecular complexity index is 507. The lowest BCUT2D eigenvalue weighted by atomic mass is 10.2. The van der Waals surface area contributed by atoms with Crippen molar-refractivity contribution in [2.24, 2.45) is 5.92 Å². The van der Waals surface area contributed by atoms with E-state index >= 15 is 0 Å². The Kier molecular flexibility index (Phi) is 3.96. The minimum Gasteiger partial charge on any atom is -0.347 e. The summed E-state index contributed by atoms with van der Waals surface area (Å²) in [5.74, 6) is -0.625. The van der Waals surface area contributed by atoms with Crippen molar-refractivity contribution in [3.63, 3.8) is 0 Å². The highest BCUT2D eigenvalue weighted by molar-refractivity contribution is 5.95. The fraction of sp³-hybridized carbons (Fsp3) is 0.385. The van der Waals surface area contributed by atoms with Gasteiger partial charge in [0, 0.05) is 11.6 Å². The highest BCUT2D eigenvalue weighted by atomic mass is 19.4. The van der Waals surface area contributed by atoms with Crippen molar-refractivity contribution in [2.45, 2.75) is 19.0 Å². The van der Waals surface area contributed by atoms with Gasteiger partial charge in [-0.15, -0.1) is 0 Å². The Morgan fingerprint density at radius 3 is 2.25 bits per heavy atom. The van der Waals surface area contributed by atoms with E-state index in [2.05, 4.69) is 10.6 Å². The zero-order chi connectivity index (χ0) is 14.8. The molecule has 1 fully saturated rings. The second-order valence-corrected chi connectivity index (χ2v) is 4.62. The Labute approximate surface area is 113 Å². The third-order valence-electron chi connectivity index (χ3n) is 2.87. The van der Waals surface area contributed by atoms with Gasteiger partial charge in [0.05, 0.1) is 12.1 Å². The first-order chi connectivity index (χ1) is 9.36. The van der Waals surface area contributed by atoms with E-state index < -0.39 is 17.6 Å². The zero-order valence-corrected chi connectivity index (χ0v) is 10.5. The number of carbonyl (C=O) groups is 2. The van der Waals surface area contributed by atoms with Gasteiger partial charge in [0.2, 0.25) is 11.8 Å². The monoisotopic (exact) mass is 286 g/mol. The molecule has 0 radical (unpaired) electrons. The number of carbonyl (C=O) groups excluding carboxylic acids is 2. The lowest BCUT2D eigenvalue weighted by Crippen LogP contribution is -2.33. The van der Waals surface area contributed by atoms with Crippen molar-refractivity contribution in [3.8, 4) is 0 Å². The molecular weight excluding hydrogens is 273 g/mol. The number of anilines is 1. The standard InChI is InChI=1S/C13H13F3N2O2/c14-13(15,16)9-3-5-10(6-4-9)18-11(19)7-17-12(20)8-1-2-8/h3-6,8H,1-2,7H2,(H,17,20)(H,18,19). The molecule has 0 aliphatic heterocycles. The van der Waals surface area contributed by atoms with Crippen LogP contribution in [0.1, 0.15) is 18.4 Å². The fourth-order valence-electron chi connectivity index (χ4n) is 1.60. The number of nitrogens with one attached hydrogen (secondary N) is 2. The molecule has 1 aromatic carbocycles. The van der Waals surface area contributed by atoms with Gasteiger partial charge in [-0.3, -0.25) is 9.59 Å². The molecule has 1 aliphatic rings. The Morgan fingerprint density at radius 2 is 1.75 bits per heavy atom. The molecule has 2 N–H and O–H groups in total. The maximum Gasteiger partial charge on any atom is 0.416 e. The maximum absolute atomic E-state index is 12.3. The smallest absolute Gasteiger partial charge is 0.347 e. The van der Waals surface area contributed by atoms with Crippen LogP contribution in [0.3, 0.4) is 0 Å². The van der Waals surface area contributed by atoms with Crippen LogP contribution in [0.25, 0.3) is 0 Å². The van der Waals surface area contributed by atoms with E-state index in [1.54, 1.807) is 0 Å². The van der Waals surface area contributed by atoms with Gasteiger partial charge in [-0.1, -0.05) is 0 Å². The number of hydrogen-bond donors (Lipinski definition) is 2. The average Bonchev–Trinajstić information content (AvgIpc) is 3.20. The van der Waals surface area contributed by atoms with Crippen LogP contribution in [-0.2, 0) is 15.8 Å². The van der Waals surface area contributed by atoms with Crippen LogP contribution in [0.4, 0.5) is 18.9 Å². The van der Waals surface area contributed by atoms with Gasteiger partial charge in [-0.05, 0) is 37.1 Å². The lowest BCUT2D eigenvalue weighted by Gasteiger charge is -2.09. The third kappa shape index (κ3) is 3.97. The van der Waals surface area contributed by atoms with Gasteiger partial charge in [0.1, 0.15) is 0 Å². The first-order valence-electron chi connectivity index (χ1n) is 6.11. The molecule has 4 nitrogen and oxygen atoms in total. The number of hydrogen-bond acceptors (Lipinski definition) is 2. The van der Waals surface area contributed by atoms with Crippen LogP contribution in [0, 0.1) is 5.92 Å². The predicted octanol–water partition coefficient (Wildman–Crippen LogP) is 2.17. The van der Waals surface area contributed by atoms with Gasteiger partial charge in [-0.2, -0.15) is 13.2 Å². The van der Waals surface area contributed by atoms with Crippen molar-refractivity contribution in [3.05, 3.63) is 29.8 Å². The highest BCUT2D eigenvalue weighted by Crippen LogP contribution is 2.30. The minimum atomic E-state index is -4.40. The molecule has 2 rings (SSSR count). The summed E-state index contributed by atoms with van der Waals surface area (Å²) < 4.78 is 37.0. The van der Waals surface area contributed by atoms with Crippen LogP contribution in [0.15, 0.2) is 24.3 Å². The van der Waals surface area contributed by atoms with Crippen LogP contribution in [0.5, 0.6) is 0 Å². The summed E-state index contributed by atoms with van der Waals surface area (Å²) in [4.78, 5) is 22.8. The molecule has 0 bridgehead atoms. The van der Waals surface area contributed by atoms with Crippen molar-refractivity contribution in [1.29, 1.82) is 0 Å². The Hall–Kier alpha value is -2.05. The topological polar surface area (TPSA) is 58.2 Å². The molecule has 0 saturated heterocycles. The molecule has 0 aromatic heterocycles. The van der Waals surface area contributed by atoms with Gasteiger partial charge >= 0.3 is 6.18 Å². The predicted molar refractivity (Wildman–Crippen MR) is 65.8 cm³/mol. The lowest BCUT2D eigenvalue weighted by molar-refractivity contribution is -0.137. The molecule has 1 aromatic rings. The van der Waals surface area contributed by atoms with E-state index in [1.165, 1.54) is 12.1 Å². The van der Waals surface area contributed by atoms with Crippen LogP contribution >= 0.6 is 0 Å². The van der Waals surface area contributed by atoms with E-state index in [0.29, 0.717) is 0 Å². The molecule has 1 saturated carbocycles. The van der Waals surface area contributed by atoms with Gasteiger partial charge in [-0.25, -0.2) is 0 Å². The van der Waals surface area contributed by atoms with Gasteiger partial charge in [0.15, 0.2) is 0 Å². The summed E-state index contributed by atoms with van der Waals surface area (Å²) in [5.41, 5.74) is -0.527. The second kappa shape index (κ2) is 5.52. The number of alkyl halides is 3. The number of halogens is 3. The largest absolute Gasteiger partial charge is 0.416 e. The molecule has 0 spiro atoms. The van der Waals surface area contributed by atoms with E-state index in [-0.39, 0.29) is 24.1 Å². The number of benzene rings is 1. The Morgan fingerprint density at radius 1 is 1.15 bits per heavy atom. The van der Waals surface area contributed by atoms with Gasteiger partial charge < -0.3 is 10.6 Å². The molecule has 0 unspecified atom stereocenters. The summed E-state index contributed by atoms with van der Waals surface area (Å²) in [6, 6.07) is 4.11. The normalized spacial score (nSPS) is 14.8. The summed E-state index contributed by atoms with van der Waals surface area (Å²) in [6.07, 6.45) is -2.72. The fourth-order valence-corrected chi connectivity index (χ4v) is 1.60. The van der Waals surface area contributed by atoms with Crippen molar-refractivity contribution < 1.29 is 22.8 Å². The molecule has 0 heterocycles. The quantitative estimate of drug-likeness (QED) is 0.891. The maximum atomic E-state index is 12.3. The zero-order valence-electron chi connectivity index (χ0n) is 10.5. The van der Waals surface area contributed by atoms with Crippen LogP contribution in [-0.4, -0.2) is 18.4 Å². The average molecular weight is 286 g/mol. The second-order valence-electron chi connectivity index (χ2n) is 4.62. The molecule has 20 heavy (non-hydrogen) atoms. The molecule has 0 atom stereocenters. The van der Waals surface area contributed by atoms with E-state index in [0.717, 1.165) is 25.0 Å². The third-order valence-corrected chi connectivity index (χ3v) is 2.87.